The molecule has 7 aromatic rings. The number of fused-ring (bicyclic) bond motifs is 5. The number of aliphatic carboxylic acids is 1. The van der Waals surface area contributed by atoms with Gasteiger partial charge < -0.3 is 88.0 Å². The number of H-pyrrole nitrogens is 3. The van der Waals surface area contributed by atoms with E-state index in [1.807, 2.05) is 24.3 Å². The summed E-state index contributed by atoms with van der Waals surface area (Å²) in [5, 5.41) is 34.8. The van der Waals surface area contributed by atoms with Gasteiger partial charge in [0.1, 0.15) is 71.8 Å². The molecule has 10 amide bonds. The number of hydrogen-bond acceptors (Lipinski definition) is 17. The second kappa shape index (κ2) is 37.2. The molecule has 33 heteroatoms. The van der Waals surface area contributed by atoms with Crippen LogP contribution in [0.5, 0.6) is 5.75 Å². The quantitative estimate of drug-likeness (QED) is 0.0580. The number of ether oxygens (including phenoxy) is 2. The Bertz CT molecular complexity index is 4220. The second-order valence-corrected chi connectivity index (χ2v) is 27.7. The van der Waals surface area contributed by atoms with E-state index in [4.69, 9.17) is 15.2 Å². The minimum Gasteiger partial charge on any atom is -0.497 e. The van der Waals surface area contributed by atoms with Crippen LogP contribution in [0.25, 0.3) is 21.8 Å². The van der Waals surface area contributed by atoms with E-state index in [1.165, 1.54) is 85.9 Å². The number of carbonyl (C=O) groups excluding carboxylic acids is 10. The third-order valence-electron chi connectivity index (χ3n) is 17.7. The number of imidazole rings is 1. The Labute approximate surface area is 605 Å². The predicted octanol–water partition coefficient (Wildman–Crippen LogP) is 1.98. The zero-order valence-corrected chi connectivity index (χ0v) is 59.1. The molecule has 15 N–H and O–H groups in total. The number of thioether (sulfide) groups is 2. The largest absolute Gasteiger partial charge is 0.497 e. The first-order chi connectivity index (χ1) is 50.0. The Balaban J connectivity index is 1.06. The summed E-state index contributed by atoms with van der Waals surface area (Å²) in [6.45, 7) is 2.61. The van der Waals surface area contributed by atoms with E-state index in [9.17, 15) is 43.1 Å². The van der Waals surface area contributed by atoms with Crippen LogP contribution in [-0.4, -0.2) is 201 Å². The van der Waals surface area contributed by atoms with E-state index >= 15 is 23.6 Å². The first-order valence-electron chi connectivity index (χ1n) is 33.8. The molecule has 1 fully saturated rings. The zero-order valence-electron chi connectivity index (χ0n) is 57.5. The number of hydrogen-bond donors (Lipinski definition) is 14. The van der Waals surface area contributed by atoms with E-state index in [0.29, 0.717) is 62.9 Å². The molecular weight excluding hydrogens is 1390 g/mol. The molecule has 8 atom stereocenters. The summed E-state index contributed by atoms with van der Waals surface area (Å²) in [6, 6.07) is 10.6. The number of aromatic amines is 3. The molecule has 2 aliphatic heterocycles. The Morgan fingerprint density at radius 1 is 0.683 bits per heavy atom. The van der Waals surface area contributed by atoms with E-state index in [0.717, 1.165) is 17.2 Å². The van der Waals surface area contributed by atoms with Gasteiger partial charge in [-0.3, -0.25) is 52.7 Å². The number of amides is 10. The van der Waals surface area contributed by atoms with Crippen molar-refractivity contribution < 1.29 is 76.1 Å². The molecule has 1 saturated heterocycles. The zero-order chi connectivity index (χ0) is 74.5. The standard InChI is InChI=1S/C71H85F2N15O14S2/c1-40-63(93)83-54(26-44-32-77-52-14-10-46(72)28-50(44)52)64(94)84-55(27-45-33-78-53-15-11-47(73)29-51(45)53)65(95)86-57(31-62(91)92)67(97)85-56(30-48-34-75-39-80-48)66(96)87-58(25-41-8-12-49(101-3)13-9-41)69(99)88-20-5-17-71(88,2)70(100)76-19-23-104-38-43-7-4-6-42(24-43)37-103-22-16-60(89)82-59(68(98)81-40)35-79-61(90)36-102-21-18-74/h4,6-15,24,28-29,32-34,39-40,54-59,77-78H,5,16-23,25-27,30-31,35-38,74H2,1-3H3,(H,75,80)(H,76,100)(H,79,90)(H,81,98)(H,82,89)(H,83,93)(H,84,94)(H,85,97)(H,86,95)(H,87,96)(H,91,92)/t40-,54+,55+,56+,57+,58+,59+,71+/m1/s1. The van der Waals surface area contributed by atoms with Crippen molar-refractivity contribution >= 4 is 110 Å². The third-order valence-corrected chi connectivity index (χ3v) is 19.8. The van der Waals surface area contributed by atoms with Gasteiger partial charge in [0.2, 0.25) is 59.1 Å². The number of aromatic nitrogens is 4. The minimum atomic E-state index is -2.03. The second-order valence-electron chi connectivity index (χ2n) is 25.4. The minimum absolute atomic E-state index is 0.0554. The number of carbonyl (C=O) groups is 11. The van der Waals surface area contributed by atoms with Gasteiger partial charge in [-0.2, -0.15) is 23.5 Å². The lowest BCUT2D eigenvalue weighted by Crippen LogP contribution is -2.62. The molecule has 554 valence electrons. The van der Waals surface area contributed by atoms with Gasteiger partial charge in [0.15, 0.2) is 0 Å². The lowest BCUT2D eigenvalue weighted by atomic mass is 9.95. The van der Waals surface area contributed by atoms with Gasteiger partial charge in [0.25, 0.3) is 0 Å². The predicted molar refractivity (Wildman–Crippen MR) is 383 cm³/mol. The van der Waals surface area contributed by atoms with E-state index in [1.54, 1.807) is 43.0 Å². The van der Waals surface area contributed by atoms with Gasteiger partial charge in [-0.15, -0.1) is 0 Å². The monoisotopic (exact) mass is 1470 g/mol. The van der Waals surface area contributed by atoms with Crippen molar-refractivity contribution in [2.45, 2.75) is 125 Å². The Hall–Kier alpha value is -10.4. The number of benzene rings is 4. The molecule has 3 aromatic heterocycles. The molecule has 2 aliphatic rings. The maximum Gasteiger partial charge on any atom is 0.305 e. The smallest absolute Gasteiger partial charge is 0.305 e. The summed E-state index contributed by atoms with van der Waals surface area (Å²) < 4.78 is 40.6. The number of halogens is 2. The number of nitrogens with two attached hydrogens (primary N) is 1. The van der Waals surface area contributed by atoms with Gasteiger partial charge in [-0.05, 0) is 103 Å². The van der Waals surface area contributed by atoms with Gasteiger partial charge in [0.05, 0.1) is 26.5 Å². The van der Waals surface area contributed by atoms with Crippen molar-refractivity contribution in [2.75, 3.05) is 58.0 Å². The topological polar surface area (TPSA) is 424 Å². The number of carboxylic acids is 1. The molecule has 0 unspecified atom stereocenters. The van der Waals surface area contributed by atoms with Crippen molar-refractivity contribution in [1.82, 2.24) is 72.7 Å². The molecule has 104 heavy (non-hydrogen) atoms. The molecular formula is C71H85F2N15O14S2. The summed E-state index contributed by atoms with van der Waals surface area (Å²) in [4.78, 5) is 172. The summed E-state index contributed by atoms with van der Waals surface area (Å²) in [5.41, 5.74) is 8.33. The van der Waals surface area contributed by atoms with Crippen molar-refractivity contribution in [3.63, 3.8) is 0 Å². The summed E-state index contributed by atoms with van der Waals surface area (Å²) >= 11 is 3.02. The third kappa shape index (κ3) is 21.6. The number of nitrogens with zero attached hydrogens (tertiary/aromatic N) is 2. The van der Waals surface area contributed by atoms with Gasteiger partial charge in [-0.25, -0.2) is 13.8 Å². The molecule has 4 aromatic carbocycles. The molecule has 0 saturated carbocycles. The SMILES string of the molecule is COc1ccc(C[C@@H]2NC(=O)[C@H](Cc3cnc[nH]3)NC(=O)[C@H](CC(=O)O)NC(=O)[C@H](Cc3c[nH]c4ccc(F)cc34)NC(=O)[C@H](Cc3c[nH]c4ccc(F)cc34)NC(=O)[C@@H](C)NC(=O)[C@H](CNC(=O)COCCN)NC(=O)CCSCc3cccc(c3)CSCCNC(=O)[C@]3(C)CCCN3C2=O)cc1. The van der Waals surface area contributed by atoms with Crippen molar-refractivity contribution in [1.29, 1.82) is 0 Å². The van der Waals surface area contributed by atoms with Crippen molar-refractivity contribution in [2.24, 2.45) is 5.73 Å². The first-order valence-corrected chi connectivity index (χ1v) is 36.1. The number of rotatable bonds is 17. The fourth-order valence-electron chi connectivity index (χ4n) is 12.2. The summed E-state index contributed by atoms with van der Waals surface area (Å²) in [6.07, 6.45) is 3.74. The highest BCUT2D eigenvalue weighted by atomic mass is 32.2. The molecule has 0 spiro atoms. The fraction of sp³-hybridized carbons (Fsp3) is 0.408. The Morgan fingerprint density at radius 2 is 1.26 bits per heavy atom. The van der Waals surface area contributed by atoms with E-state index < -0.39 is 157 Å². The number of carboxylic acid groups (broad SMARTS) is 1. The van der Waals surface area contributed by atoms with Crippen LogP contribution >= 0.6 is 23.5 Å². The highest BCUT2D eigenvalue weighted by Crippen LogP contribution is 2.31. The van der Waals surface area contributed by atoms with Crippen LogP contribution in [0.4, 0.5) is 8.78 Å². The summed E-state index contributed by atoms with van der Waals surface area (Å²) in [7, 11) is 1.48. The van der Waals surface area contributed by atoms with Crippen molar-refractivity contribution in [3.05, 3.63) is 155 Å². The highest BCUT2D eigenvalue weighted by molar-refractivity contribution is 7.98. The molecule has 0 radical (unpaired) electrons. The maximum atomic E-state index is 15.2. The average molecular weight is 1470 g/mol. The van der Waals surface area contributed by atoms with Gasteiger partial charge in [0, 0.05) is 127 Å². The molecule has 9 rings (SSSR count). The van der Waals surface area contributed by atoms with Crippen LogP contribution in [-0.2, 0) is 94.7 Å². The van der Waals surface area contributed by atoms with Crippen LogP contribution in [0.1, 0.15) is 73.0 Å². The van der Waals surface area contributed by atoms with Crippen LogP contribution < -0.4 is 58.3 Å². The lowest BCUT2D eigenvalue weighted by molar-refractivity contribution is -0.146. The molecule has 0 aliphatic carbocycles. The average Bonchev–Trinajstić information content (AvgIpc) is 1.60. The normalized spacial score (nSPS) is 22.3. The van der Waals surface area contributed by atoms with Crippen LogP contribution in [0, 0.1) is 11.6 Å². The number of methoxy groups -OCH3 is 1. The first kappa shape index (κ1) is 77.8. The number of nitrogens with one attached hydrogen (secondary N) is 12. The Kier molecular flexibility index (Phi) is 27.8. The fourth-order valence-corrected chi connectivity index (χ4v) is 13.9. The highest BCUT2D eigenvalue weighted by Gasteiger charge is 2.48. The van der Waals surface area contributed by atoms with Crippen LogP contribution in [0.2, 0.25) is 0 Å². The molecule has 5 heterocycles. The molecule has 29 nitrogen and oxygen atoms in total. The lowest BCUT2D eigenvalue weighted by Gasteiger charge is -2.36. The van der Waals surface area contributed by atoms with Crippen LogP contribution in [0.15, 0.2) is 110 Å². The van der Waals surface area contributed by atoms with Crippen LogP contribution in [0.3, 0.4) is 0 Å². The van der Waals surface area contributed by atoms with E-state index in [-0.39, 0.29) is 68.4 Å². The van der Waals surface area contributed by atoms with Crippen molar-refractivity contribution in [3.8, 4) is 5.75 Å². The Morgan fingerprint density at radius 3 is 1.86 bits per heavy atom. The van der Waals surface area contributed by atoms with E-state index in [2.05, 4.69) is 67.8 Å². The van der Waals surface area contributed by atoms with Gasteiger partial charge in [-0.1, -0.05) is 36.4 Å². The van der Waals surface area contributed by atoms with Gasteiger partial charge >= 0.3 is 5.97 Å². The maximum absolute atomic E-state index is 15.2. The summed E-state index contributed by atoms with van der Waals surface area (Å²) in [5.74, 6) is -9.17. The molecule has 2 bridgehead atoms.